The first-order valence-corrected chi connectivity index (χ1v) is 5.89. The SMILES string of the molecule is Cc1ccccc1Oc1ccc(-n2nccn2)cn1. The Morgan fingerprint density at radius 3 is 2.47 bits per heavy atom. The van der Waals surface area contributed by atoms with E-state index in [0.717, 1.165) is 17.0 Å². The van der Waals surface area contributed by atoms with Gasteiger partial charge in [0.15, 0.2) is 0 Å². The van der Waals surface area contributed by atoms with Gasteiger partial charge < -0.3 is 4.74 Å². The molecule has 0 aliphatic heterocycles. The van der Waals surface area contributed by atoms with Gasteiger partial charge in [0, 0.05) is 6.07 Å². The summed E-state index contributed by atoms with van der Waals surface area (Å²) in [6.07, 6.45) is 4.92. The second-order valence-corrected chi connectivity index (χ2v) is 4.04. The molecule has 0 saturated carbocycles. The Balaban J connectivity index is 1.82. The summed E-state index contributed by atoms with van der Waals surface area (Å²) in [6, 6.07) is 11.5. The second kappa shape index (κ2) is 4.89. The van der Waals surface area contributed by atoms with E-state index in [9.17, 15) is 0 Å². The molecule has 3 aromatic rings. The van der Waals surface area contributed by atoms with Crippen LogP contribution in [-0.4, -0.2) is 20.0 Å². The number of pyridine rings is 1. The van der Waals surface area contributed by atoms with Crippen LogP contribution in [-0.2, 0) is 0 Å². The lowest BCUT2D eigenvalue weighted by atomic mass is 10.2. The third-order valence-corrected chi connectivity index (χ3v) is 2.68. The van der Waals surface area contributed by atoms with E-state index in [1.165, 1.54) is 4.80 Å². The van der Waals surface area contributed by atoms with Gasteiger partial charge >= 0.3 is 0 Å². The number of rotatable bonds is 3. The fourth-order valence-corrected chi connectivity index (χ4v) is 1.68. The molecule has 1 aromatic carbocycles. The highest BCUT2D eigenvalue weighted by molar-refractivity contribution is 5.36. The lowest BCUT2D eigenvalue weighted by Crippen LogP contribution is -1.99. The molecule has 2 heterocycles. The molecule has 2 aromatic heterocycles. The van der Waals surface area contributed by atoms with E-state index < -0.39 is 0 Å². The Kier molecular flexibility index (Phi) is 2.94. The Morgan fingerprint density at radius 2 is 1.79 bits per heavy atom. The van der Waals surface area contributed by atoms with Crippen LogP contribution < -0.4 is 4.74 Å². The fraction of sp³-hybridized carbons (Fsp3) is 0.0714. The first-order chi connectivity index (χ1) is 9.33. The predicted octanol–water partition coefficient (Wildman–Crippen LogP) is 2.76. The molecule has 5 heteroatoms. The third kappa shape index (κ3) is 2.44. The molecule has 0 fully saturated rings. The first kappa shape index (κ1) is 11.4. The van der Waals surface area contributed by atoms with Crippen molar-refractivity contribution in [3.05, 3.63) is 60.6 Å². The number of hydrogen-bond acceptors (Lipinski definition) is 4. The third-order valence-electron chi connectivity index (χ3n) is 2.68. The van der Waals surface area contributed by atoms with E-state index >= 15 is 0 Å². The van der Waals surface area contributed by atoms with E-state index in [0.29, 0.717) is 5.88 Å². The van der Waals surface area contributed by atoms with E-state index in [1.807, 2.05) is 37.3 Å². The average molecular weight is 252 g/mol. The van der Waals surface area contributed by atoms with Gasteiger partial charge in [-0.15, -0.1) is 0 Å². The van der Waals surface area contributed by atoms with Crippen molar-refractivity contribution in [2.45, 2.75) is 6.92 Å². The molecule has 94 valence electrons. The van der Waals surface area contributed by atoms with Crippen molar-refractivity contribution >= 4 is 0 Å². The van der Waals surface area contributed by atoms with Gasteiger partial charge in [-0.1, -0.05) is 18.2 Å². The van der Waals surface area contributed by atoms with Gasteiger partial charge in [-0.25, -0.2) is 4.98 Å². The van der Waals surface area contributed by atoms with E-state index in [-0.39, 0.29) is 0 Å². The van der Waals surface area contributed by atoms with Crippen molar-refractivity contribution in [2.75, 3.05) is 0 Å². The molecule has 19 heavy (non-hydrogen) atoms. The Hall–Kier alpha value is -2.69. The maximum Gasteiger partial charge on any atom is 0.219 e. The van der Waals surface area contributed by atoms with Crippen LogP contribution in [0, 0.1) is 6.92 Å². The molecule has 0 bridgehead atoms. The minimum absolute atomic E-state index is 0.546. The standard InChI is InChI=1S/C14H12N4O/c1-11-4-2-3-5-13(11)19-14-7-6-12(10-15-14)18-16-8-9-17-18/h2-10H,1H3. The number of hydrogen-bond donors (Lipinski definition) is 0. The lowest BCUT2D eigenvalue weighted by molar-refractivity contribution is 0.459. The van der Waals surface area contributed by atoms with Crippen molar-refractivity contribution in [1.29, 1.82) is 0 Å². The van der Waals surface area contributed by atoms with Gasteiger partial charge in [0.25, 0.3) is 0 Å². The topological polar surface area (TPSA) is 52.8 Å². The Bertz CT molecular complexity index is 662. The van der Waals surface area contributed by atoms with Crippen molar-refractivity contribution in [2.24, 2.45) is 0 Å². The maximum absolute atomic E-state index is 5.72. The number of benzene rings is 1. The van der Waals surface area contributed by atoms with E-state index in [4.69, 9.17) is 4.74 Å². The zero-order valence-electron chi connectivity index (χ0n) is 10.4. The number of aryl methyl sites for hydroxylation is 1. The highest BCUT2D eigenvalue weighted by atomic mass is 16.5. The molecular formula is C14H12N4O. The molecule has 0 atom stereocenters. The minimum Gasteiger partial charge on any atom is -0.439 e. The summed E-state index contributed by atoms with van der Waals surface area (Å²) in [5.41, 5.74) is 1.87. The molecule has 0 aliphatic carbocycles. The number of ether oxygens (including phenoxy) is 1. The highest BCUT2D eigenvalue weighted by Crippen LogP contribution is 2.23. The summed E-state index contributed by atoms with van der Waals surface area (Å²) in [6.45, 7) is 2.00. The molecule has 0 saturated heterocycles. The zero-order chi connectivity index (χ0) is 13.1. The van der Waals surface area contributed by atoms with Gasteiger partial charge in [-0.05, 0) is 24.6 Å². The van der Waals surface area contributed by atoms with Crippen LogP contribution in [0.15, 0.2) is 55.0 Å². The summed E-state index contributed by atoms with van der Waals surface area (Å²) in [4.78, 5) is 5.75. The quantitative estimate of drug-likeness (QED) is 0.719. The average Bonchev–Trinajstić information content (AvgIpc) is 2.96. The number of para-hydroxylation sites is 1. The molecule has 3 rings (SSSR count). The normalized spacial score (nSPS) is 10.4. The van der Waals surface area contributed by atoms with E-state index in [2.05, 4.69) is 15.2 Å². The fourth-order valence-electron chi connectivity index (χ4n) is 1.68. The number of nitrogens with zero attached hydrogens (tertiary/aromatic N) is 4. The Labute approximate surface area is 110 Å². The summed E-state index contributed by atoms with van der Waals surface area (Å²) < 4.78 is 5.72. The van der Waals surface area contributed by atoms with Crippen molar-refractivity contribution in [3.63, 3.8) is 0 Å². The van der Waals surface area contributed by atoms with Crippen LogP contribution in [0.1, 0.15) is 5.56 Å². The smallest absolute Gasteiger partial charge is 0.219 e. The van der Waals surface area contributed by atoms with Gasteiger partial charge in [0.1, 0.15) is 11.4 Å². The monoisotopic (exact) mass is 252 g/mol. The van der Waals surface area contributed by atoms with Crippen LogP contribution in [0.25, 0.3) is 5.69 Å². The maximum atomic E-state index is 5.72. The largest absolute Gasteiger partial charge is 0.439 e. The highest BCUT2D eigenvalue weighted by Gasteiger charge is 2.03. The van der Waals surface area contributed by atoms with Crippen LogP contribution in [0.4, 0.5) is 0 Å². The molecular weight excluding hydrogens is 240 g/mol. The van der Waals surface area contributed by atoms with Gasteiger partial charge in [0.05, 0.1) is 18.6 Å². The summed E-state index contributed by atoms with van der Waals surface area (Å²) in [5.74, 6) is 1.35. The summed E-state index contributed by atoms with van der Waals surface area (Å²) in [5, 5.41) is 8.08. The second-order valence-electron chi connectivity index (χ2n) is 4.04. The van der Waals surface area contributed by atoms with Gasteiger partial charge in [0.2, 0.25) is 5.88 Å². The van der Waals surface area contributed by atoms with Crippen LogP contribution in [0.5, 0.6) is 11.6 Å². The van der Waals surface area contributed by atoms with Crippen LogP contribution >= 0.6 is 0 Å². The van der Waals surface area contributed by atoms with Gasteiger partial charge in [-0.2, -0.15) is 15.0 Å². The van der Waals surface area contributed by atoms with Crippen molar-refractivity contribution in [3.8, 4) is 17.3 Å². The zero-order valence-corrected chi connectivity index (χ0v) is 10.4. The number of aromatic nitrogens is 4. The van der Waals surface area contributed by atoms with E-state index in [1.54, 1.807) is 24.7 Å². The van der Waals surface area contributed by atoms with Crippen LogP contribution in [0.2, 0.25) is 0 Å². The summed E-state index contributed by atoms with van der Waals surface area (Å²) in [7, 11) is 0. The minimum atomic E-state index is 0.546. The summed E-state index contributed by atoms with van der Waals surface area (Å²) >= 11 is 0. The molecule has 5 nitrogen and oxygen atoms in total. The van der Waals surface area contributed by atoms with Crippen molar-refractivity contribution < 1.29 is 4.74 Å². The molecule has 0 amide bonds. The molecule has 0 radical (unpaired) electrons. The van der Waals surface area contributed by atoms with Crippen molar-refractivity contribution in [1.82, 2.24) is 20.0 Å². The first-order valence-electron chi connectivity index (χ1n) is 5.89. The molecule has 0 spiro atoms. The molecule has 0 N–H and O–H groups in total. The predicted molar refractivity (Wildman–Crippen MR) is 70.4 cm³/mol. The van der Waals surface area contributed by atoms with Gasteiger partial charge in [-0.3, -0.25) is 0 Å². The van der Waals surface area contributed by atoms with Crippen LogP contribution in [0.3, 0.4) is 0 Å². The lowest BCUT2D eigenvalue weighted by Gasteiger charge is -2.07. The molecule has 0 unspecified atom stereocenters. The Morgan fingerprint density at radius 1 is 1.00 bits per heavy atom. The molecule has 0 aliphatic rings.